The number of carbonyl (C=O) groups excluding carboxylic acids is 1. The van der Waals surface area contributed by atoms with Gasteiger partial charge < -0.3 is 10.1 Å². The molecule has 4 nitrogen and oxygen atoms in total. The molecule has 1 aromatic heterocycles. The number of aromatic nitrogens is 1. The van der Waals surface area contributed by atoms with Crippen LogP contribution in [-0.4, -0.2) is 36.0 Å². The van der Waals surface area contributed by atoms with Gasteiger partial charge >= 0.3 is 6.18 Å². The van der Waals surface area contributed by atoms with Crippen LogP contribution < -0.4 is 10.1 Å². The smallest absolute Gasteiger partial charge is 0.398 e. The van der Waals surface area contributed by atoms with Gasteiger partial charge in [0.15, 0.2) is 0 Å². The number of benzene rings is 1. The van der Waals surface area contributed by atoms with Crippen molar-refractivity contribution in [2.75, 3.05) is 18.9 Å². The van der Waals surface area contributed by atoms with Crippen molar-refractivity contribution in [3.05, 3.63) is 54.0 Å². The summed E-state index contributed by atoms with van der Waals surface area (Å²) in [4.78, 5) is 15.9. The van der Waals surface area contributed by atoms with Gasteiger partial charge in [0, 0.05) is 6.20 Å². The Balaban J connectivity index is 1.85. The van der Waals surface area contributed by atoms with Crippen molar-refractivity contribution in [2.45, 2.75) is 11.2 Å². The fraction of sp³-hybridized carbons (Fsp3) is 0.250. The third kappa shape index (κ3) is 6.61. The number of alkyl halides is 3. The fourth-order valence-corrected chi connectivity index (χ4v) is 2.54. The summed E-state index contributed by atoms with van der Waals surface area (Å²) >= 11 is 0.456. The molecule has 0 saturated carbocycles. The van der Waals surface area contributed by atoms with Gasteiger partial charge in [0.2, 0.25) is 0 Å². The van der Waals surface area contributed by atoms with E-state index in [1.165, 1.54) is 42.6 Å². The summed E-state index contributed by atoms with van der Waals surface area (Å²) in [7, 11) is 0. The van der Waals surface area contributed by atoms with Crippen LogP contribution in [0.2, 0.25) is 0 Å². The monoisotopic (exact) mass is 374 g/mol. The predicted octanol–water partition coefficient (Wildman–Crippen LogP) is 3.68. The molecule has 0 aliphatic rings. The molecular formula is C16H14F4N2O2S. The minimum atomic E-state index is -4.35. The first-order valence-electron chi connectivity index (χ1n) is 7.16. The van der Waals surface area contributed by atoms with E-state index in [1.54, 1.807) is 0 Å². The number of nitrogens with one attached hydrogen (secondary N) is 1. The first-order chi connectivity index (χ1) is 11.8. The molecule has 0 aliphatic carbocycles. The second-order valence-corrected chi connectivity index (χ2v) is 5.78. The molecule has 0 aliphatic heterocycles. The summed E-state index contributed by atoms with van der Waals surface area (Å²) in [6.07, 6.45) is -3.02. The minimum Gasteiger partial charge on any atom is -0.492 e. The van der Waals surface area contributed by atoms with Crippen molar-refractivity contribution < 1.29 is 27.1 Å². The summed E-state index contributed by atoms with van der Waals surface area (Å²) in [6.45, 7) is 0.261. The molecule has 2 rings (SSSR count). The average molecular weight is 374 g/mol. The summed E-state index contributed by atoms with van der Waals surface area (Å²) in [5.41, 5.74) is 0.0681. The molecule has 2 aromatic rings. The highest BCUT2D eigenvalue weighted by atomic mass is 32.2. The number of hydrogen-bond acceptors (Lipinski definition) is 4. The number of amides is 1. The number of ether oxygens (including phenoxy) is 1. The summed E-state index contributed by atoms with van der Waals surface area (Å²) in [5.74, 6) is -1.61. The van der Waals surface area contributed by atoms with Gasteiger partial charge in [0.1, 0.15) is 23.2 Å². The first kappa shape index (κ1) is 19.0. The van der Waals surface area contributed by atoms with E-state index in [-0.39, 0.29) is 29.6 Å². The fourth-order valence-electron chi connectivity index (χ4n) is 1.79. The Labute approximate surface area is 145 Å². The third-order valence-electron chi connectivity index (χ3n) is 2.86. The Morgan fingerprint density at radius 2 is 1.92 bits per heavy atom. The van der Waals surface area contributed by atoms with Crippen LogP contribution in [0.3, 0.4) is 0 Å². The zero-order chi connectivity index (χ0) is 18.3. The van der Waals surface area contributed by atoms with Gasteiger partial charge in [-0.15, -0.1) is 0 Å². The Hall–Kier alpha value is -2.29. The van der Waals surface area contributed by atoms with E-state index in [1.807, 2.05) is 0 Å². The number of carbonyl (C=O) groups is 1. The number of pyridine rings is 1. The summed E-state index contributed by atoms with van der Waals surface area (Å²) in [6, 6.07) is 8.26. The van der Waals surface area contributed by atoms with Gasteiger partial charge in [-0.2, -0.15) is 13.2 Å². The molecule has 0 atom stereocenters. The van der Waals surface area contributed by atoms with E-state index in [0.717, 1.165) is 0 Å². The molecule has 1 N–H and O–H groups in total. The lowest BCUT2D eigenvalue weighted by atomic mass is 10.2. The topological polar surface area (TPSA) is 51.2 Å². The second kappa shape index (κ2) is 8.70. The van der Waals surface area contributed by atoms with E-state index in [9.17, 15) is 22.4 Å². The van der Waals surface area contributed by atoms with Crippen molar-refractivity contribution in [2.24, 2.45) is 0 Å². The molecule has 1 heterocycles. The zero-order valence-corrected chi connectivity index (χ0v) is 13.7. The first-order valence-corrected chi connectivity index (χ1v) is 8.15. The van der Waals surface area contributed by atoms with Gasteiger partial charge in [-0.1, -0.05) is 11.8 Å². The molecule has 9 heteroatoms. The number of rotatable bonds is 7. The summed E-state index contributed by atoms with van der Waals surface area (Å²) < 4.78 is 55.0. The van der Waals surface area contributed by atoms with Crippen LogP contribution in [0.1, 0.15) is 10.4 Å². The molecule has 0 saturated heterocycles. The Bertz CT molecular complexity index is 708. The molecule has 1 aromatic carbocycles. The minimum absolute atomic E-state index is 0.0109. The molecule has 0 spiro atoms. The van der Waals surface area contributed by atoms with Gasteiger partial charge in [-0.25, -0.2) is 9.37 Å². The summed E-state index contributed by atoms with van der Waals surface area (Å²) in [5, 5.41) is 2.56. The van der Waals surface area contributed by atoms with Gasteiger partial charge in [-0.05, 0) is 36.4 Å². The van der Waals surface area contributed by atoms with E-state index in [2.05, 4.69) is 10.3 Å². The SMILES string of the molecule is O=C(NCCOc1ccc(F)cc1)c1cccnc1SCC(F)(F)F. The Kier molecular flexibility index (Phi) is 6.63. The largest absolute Gasteiger partial charge is 0.492 e. The zero-order valence-electron chi connectivity index (χ0n) is 12.8. The quantitative estimate of drug-likeness (QED) is 0.456. The number of hydrogen-bond donors (Lipinski definition) is 1. The lowest BCUT2D eigenvalue weighted by Gasteiger charge is -2.11. The molecule has 0 bridgehead atoms. The van der Waals surface area contributed by atoms with Gasteiger partial charge in [-0.3, -0.25) is 4.79 Å². The highest BCUT2D eigenvalue weighted by molar-refractivity contribution is 7.99. The van der Waals surface area contributed by atoms with Crippen LogP contribution in [0.4, 0.5) is 17.6 Å². The molecule has 1 amide bonds. The standard InChI is InChI=1S/C16H14F4N2O2S/c17-11-3-5-12(6-4-11)24-9-8-21-14(23)13-2-1-7-22-15(13)25-10-16(18,19)20/h1-7H,8-10H2,(H,21,23). The van der Waals surface area contributed by atoms with Gasteiger partial charge in [0.25, 0.3) is 5.91 Å². The van der Waals surface area contributed by atoms with Crippen molar-refractivity contribution in [1.29, 1.82) is 0 Å². The number of halogens is 4. The highest BCUT2D eigenvalue weighted by Crippen LogP contribution is 2.27. The van der Waals surface area contributed by atoms with Crippen LogP contribution in [0, 0.1) is 5.82 Å². The van der Waals surface area contributed by atoms with E-state index in [0.29, 0.717) is 17.5 Å². The van der Waals surface area contributed by atoms with Gasteiger partial charge in [0.05, 0.1) is 17.9 Å². The number of nitrogens with zero attached hydrogens (tertiary/aromatic N) is 1. The molecule has 25 heavy (non-hydrogen) atoms. The lowest BCUT2D eigenvalue weighted by Crippen LogP contribution is -2.28. The van der Waals surface area contributed by atoms with Crippen LogP contribution in [0.5, 0.6) is 5.75 Å². The average Bonchev–Trinajstić information content (AvgIpc) is 2.58. The van der Waals surface area contributed by atoms with Crippen molar-refractivity contribution in [1.82, 2.24) is 10.3 Å². The molecule has 0 unspecified atom stereocenters. The molecule has 0 fully saturated rings. The van der Waals surface area contributed by atoms with Crippen LogP contribution in [0.15, 0.2) is 47.6 Å². The highest BCUT2D eigenvalue weighted by Gasteiger charge is 2.28. The van der Waals surface area contributed by atoms with E-state index < -0.39 is 17.8 Å². The van der Waals surface area contributed by atoms with Crippen molar-refractivity contribution in [3.8, 4) is 5.75 Å². The normalized spacial score (nSPS) is 11.2. The van der Waals surface area contributed by atoms with Crippen molar-refractivity contribution >= 4 is 17.7 Å². The third-order valence-corrected chi connectivity index (χ3v) is 3.93. The van der Waals surface area contributed by atoms with E-state index in [4.69, 9.17) is 4.74 Å². The predicted molar refractivity (Wildman–Crippen MR) is 85.2 cm³/mol. The van der Waals surface area contributed by atoms with E-state index >= 15 is 0 Å². The molecule has 134 valence electrons. The van der Waals surface area contributed by atoms with Crippen LogP contribution in [0.25, 0.3) is 0 Å². The molecule has 0 radical (unpaired) electrons. The number of thioether (sulfide) groups is 1. The maximum atomic E-state index is 12.8. The van der Waals surface area contributed by atoms with Crippen molar-refractivity contribution in [3.63, 3.8) is 0 Å². The lowest BCUT2D eigenvalue weighted by molar-refractivity contribution is -0.105. The second-order valence-electron chi connectivity index (χ2n) is 4.82. The maximum absolute atomic E-state index is 12.8. The Morgan fingerprint density at radius 3 is 2.60 bits per heavy atom. The maximum Gasteiger partial charge on any atom is 0.398 e. The molecular weight excluding hydrogens is 360 g/mol. The van der Waals surface area contributed by atoms with Crippen LogP contribution >= 0.6 is 11.8 Å². The Morgan fingerprint density at radius 1 is 1.20 bits per heavy atom. The van der Waals surface area contributed by atoms with Crippen LogP contribution in [-0.2, 0) is 0 Å².